The van der Waals surface area contributed by atoms with E-state index in [1.807, 2.05) is 60.6 Å². The average molecular weight is 420 g/mol. The summed E-state index contributed by atoms with van der Waals surface area (Å²) in [5.74, 6) is 0.550. The predicted octanol–water partition coefficient (Wildman–Crippen LogP) is 5.70. The number of ether oxygens (including phenoxy) is 2. The van der Waals surface area contributed by atoms with Gasteiger partial charge in [0.05, 0.1) is 6.04 Å². The van der Waals surface area contributed by atoms with E-state index < -0.39 is 17.3 Å². The molecule has 1 aromatic rings. The zero-order valence-corrected chi connectivity index (χ0v) is 19.5. The summed E-state index contributed by atoms with van der Waals surface area (Å²) in [4.78, 5) is 33.7. The van der Waals surface area contributed by atoms with Crippen molar-refractivity contribution in [1.82, 2.24) is 9.88 Å². The fourth-order valence-corrected chi connectivity index (χ4v) is 3.51. The topological polar surface area (TPSA) is 72.0 Å². The highest BCUT2D eigenvalue weighted by Crippen LogP contribution is 2.36. The Bertz CT molecular complexity index is 737. The summed E-state index contributed by atoms with van der Waals surface area (Å²) in [7, 11) is 0. The molecule has 7 heteroatoms. The minimum Gasteiger partial charge on any atom is -0.444 e. The zero-order valence-electron chi connectivity index (χ0n) is 19.5. The molecule has 0 bridgehead atoms. The molecular weight excluding hydrogens is 382 g/mol. The second-order valence-corrected chi connectivity index (χ2v) is 9.73. The summed E-state index contributed by atoms with van der Waals surface area (Å²) >= 11 is 0. The Labute approximate surface area is 180 Å². The molecular formula is C23H37N3O4. The molecule has 2 heterocycles. The molecule has 0 aliphatic carbocycles. The van der Waals surface area contributed by atoms with E-state index in [0.29, 0.717) is 18.9 Å². The lowest BCUT2D eigenvalue weighted by atomic mass is 9.95. The zero-order chi connectivity index (χ0) is 22.5. The van der Waals surface area contributed by atoms with Crippen molar-refractivity contribution in [3.63, 3.8) is 0 Å². The van der Waals surface area contributed by atoms with Crippen molar-refractivity contribution < 1.29 is 19.1 Å². The normalized spacial score (nSPS) is 17.4. The first-order valence-electron chi connectivity index (χ1n) is 10.9. The maximum Gasteiger partial charge on any atom is 0.416 e. The van der Waals surface area contributed by atoms with Crippen molar-refractivity contribution in [3.05, 3.63) is 23.9 Å². The Morgan fingerprint density at radius 3 is 2.40 bits per heavy atom. The first-order chi connectivity index (χ1) is 13.9. The molecule has 1 atom stereocenters. The second kappa shape index (κ2) is 9.67. The number of anilines is 1. The minimum atomic E-state index is -0.606. The molecule has 7 nitrogen and oxygen atoms in total. The number of aromatic nitrogens is 1. The molecule has 2 amide bonds. The summed E-state index contributed by atoms with van der Waals surface area (Å²) < 4.78 is 11.3. The monoisotopic (exact) mass is 419 g/mol. The second-order valence-electron chi connectivity index (χ2n) is 9.73. The first kappa shape index (κ1) is 24.0. The molecule has 0 radical (unpaired) electrons. The average Bonchev–Trinajstić information content (AvgIpc) is 2.63. The van der Waals surface area contributed by atoms with Crippen LogP contribution in [0.5, 0.6) is 0 Å². The molecule has 0 N–H and O–H groups in total. The number of amides is 2. The molecule has 0 spiro atoms. The van der Waals surface area contributed by atoms with Crippen LogP contribution in [0, 0.1) is 0 Å². The van der Waals surface area contributed by atoms with Gasteiger partial charge < -0.3 is 14.4 Å². The molecule has 0 aromatic carbocycles. The van der Waals surface area contributed by atoms with Gasteiger partial charge in [-0.25, -0.2) is 14.6 Å². The van der Waals surface area contributed by atoms with Crippen LogP contribution in [-0.2, 0) is 9.47 Å². The number of carbonyl (C=O) groups is 2. The third-order valence-electron chi connectivity index (χ3n) is 4.62. The van der Waals surface area contributed by atoms with E-state index in [-0.39, 0.29) is 12.1 Å². The lowest BCUT2D eigenvalue weighted by Crippen LogP contribution is -2.43. The van der Waals surface area contributed by atoms with Crippen molar-refractivity contribution in [2.24, 2.45) is 0 Å². The van der Waals surface area contributed by atoms with E-state index in [1.54, 1.807) is 16.0 Å². The lowest BCUT2D eigenvalue weighted by Gasteiger charge is -2.38. The van der Waals surface area contributed by atoms with Crippen LogP contribution in [0.4, 0.5) is 15.4 Å². The molecule has 2 rings (SSSR count). The van der Waals surface area contributed by atoms with Crippen LogP contribution in [-0.4, -0.2) is 46.4 Å². The van der Waals surface area contributed by atoms with Crippen molar-refractivity contribution in [1.29, 1.82) is 0 Å². The van der Waals surface area contributed by atoms with Gasteiger partial charge in [0.25, 0.3) is 0 Å². The smallest absolute Gasteiger partial charge is 0.416 e. The molecule has 0 unspecified atom stereocenters. The molecule has 30 heavy (non-hydrogen) atoms. The Hall–Kier alpha value is -2.31. The van der Waals surface area contributed by atoms with Crippen LogP contribution in [0.15, 0.2) is 18.3 Å². The fraction of sp³-hybridized carbons (Fsp3) is 0.696. The standard InChI is InChI=1S/C23H37N3O4/c1-8-15-26(21(28)30-23(5,6)7)19-17(12-11-14-24-19)18-13-9-10-16-25(18)20(27)29-22(2,3)4/h11-12,14,18H,8-10,13,15-16H2,1-7H3/t18-/m0/s1. The quantitative estimate of drug-likeness (QED) is 0.626. The van der Waals surface area contributed by atoms with Crippen LogP contribution >= 0.6 is 0 Å². The molecule has 0 saturated carbocycles. The van der Waals surface area contributed by atoms with E-state index in [2.05, 4.69) is 4.98 Å². The highest BCUT2D eigenvalue weighted by molar-refractivity contribution is 5.87. The van der Waals surface area contributed by atoms with E-state index >= 15 is 0 Å². The third kappa shape index (κ3) is 6.61. The SMILES string of the molecule is CCCN(C(=O)OC(C)(C)C)c1ncccc1[C@@H]1CCCCN1C(=O)OC(C)(C)C. The summed E-state index contributed by atoms with van der Waals surface area (Å²) in [5, 5.41) is 0. The predicted molar refractivity (Wildman–Crippen MR) is 118 cm³/mol. The molecule has 1 aliphatic heterocycles. The number of carbonyl (C=O) groups excluding carboxylic acids is 2. The van der Waals surface area contributed by atoms with Gasteiger partial charge in [-0.1, -0.05) is 13.0 Å². The number of pyridine rings is 1. The van der Waals surface area contributed by atoms with Crippen LogP contribution in [0.25, 0.3) is 0 Å². The Kier molecular flexibility index (Phi) is 7.72. The van der Waals surface area contributed by atoms with Gasteiger partial charge in [-0.05, 0) is 73.3 Å². The summed E-state index contributed by atoms with van der Waals surface area (Å²) in [5.41, 5.74) is -0.324. The van der Waals surface area contributed by atoms with E-state index in [1.165, 1.54) is 0 Å². The van der Waals surface area contributed by atoms with Gasteiger partial charge in [0.2, 0.25) is 0 Å². The van der Waals surface area contributed by atoms with Crippen LogP contribution in [0.2, 0.25) is 0 Å². The molecule has 1 saturated heterocycles. The first-order valence-corrected chi connectivity index (χ1v) is 10.9. The maximum atomic E-state index is 12.9. The number of hydrogen-bond acceptors (Lipinski definition) is 5. The van der Waals surface area contributed by atoms with Gasteiger partial charge in [-0.2, -0.15) is 0 Å². The van der Waals surface area contributed by atoms with Gasteiger partial charge in [-0.15, -0.1) is 0 Å². The highest BCUT2D eigenvalue weighted by Gasteiger charge is 2.35. The van der Waals surface area contributed by atoms with Gasteiger partial charge in [0, 0.05) is 24.8 Å². The third-order valence-corrected chi connectivity index (χ3v) is 4.62. The Morgan fingerprint density at radius 2 is 1.80 bits per heavy atom. The van der Waals surface area contributed by atoms with Crippen molar-refractivity contribution in [2.75, 3.05) is 18.0 Å². The van der Waals surface area contributed by atoms with E-state index in [4.69, 9.17) is 9.47 Å². The number of rotatable bonds is 4. The van der Waals surface area contributed by atoms with Gasteiger partial charge in [-0.3, -0.25) is 4.90 Å². The van der Waals surface area contributed by atoms with E-state index in [9.17, 15) is 9.59 Å². The fourth-order valence-electron chi connectivity index (χ4n) is 3.51. The largest absolute Gasteiger partial charge is 0.444 e. The maximum absolute atomic E-state index is 12.9. The van der Waals surface area contributed by atoms with Gasteiger partial charge in [0.1, 0.15) is 17.0 Å². The summed E-state index contributed by atoms with van der Waals surface area (Å²) in [6.07, 6.45) is 4.40. The van der Waals surface area contributed by atoms with Crippen LogP contribution < -0.4 is 4.90 Å². The number of likely N-dealkylation sites (tertiary alicyclic amines) is 1. The Morgan fingerprint density at radius 1 is 1.13 bits per heavy atom. The number of piperidine rings is 1. The molecule has 1 aliphatic rings. The van der Waals surface area contributed by atoms with Crippen molar-refractivity contribution in [2.45, 2.75) is 91.4 Å². The molecule has 1 fully saturated rings. The highest BCUT2D eigenvalue weighted by atomic mass is 16.6. The van der Waals surface area contributed by atoms with Gasteiger partial charge >= 0.3 is 12.2 Å². The van der Waals surface area contributed by atoms with Crippen LogP contribution in [0.3, 0.4) is 0 Å². The molecule has 1 aromatic heterocycles. The Balaban J connectivity index is 2.41. The summed E-state index contributed by atoms with van der Waals surface area (Å²) in [6.45, 7) is 14.2. The minimum absolute atomic E-state index is 0.195. The van der Waals surface area contributed by atoms with Crippen molar-refractivity contribution >= 4 is 18.0 Å². The lowest BCUT2D eigenvalue weighted by molar-refractivity contribution is 0.00955. The van der Waals surface area contributed by atoms with E-state index in [0.717, 1.165) is 31.2 Å². The van der Waals surface area contributed by atoms with Crippen molar-refractivity contribution in [3.8, 4) is 0 Å². The molecule has 168 valence electrons. The van der Waals surface area contributed by atoms with Crippen LogP contribution in [0.1, 0.15) is 85.8 Å². The number of hydrogen-bond donors (Lipinski definition) is 0. The van der Waals surface area contributed by atoms with Gasteiger partial charge in [0.15, 0.2) is 0 Å². The summed E-state index contributed by atoms with van der Waals surface area (Å²) in [6, 6.07) is 3.60. The number of nitrogens with zero attached hydrogens (tertiary/aromatic N) is 3.